The lowest BCUT2D eigenvalue weighted by atomic mass is 10.2. The Kier molecular flexibility index (Phi) is 3.55. The number of aromatic nitrogens is 7. The molecule has 6 rings (SSSR count). The maximum atomic E-state index is 12.0. The second-order valence-corrected chi connectivity index (χ2v) is 7.43. The first-order chi connectivity index (χ1) is 14.3. The minimum Gasteiger partial charge on any atom is -0.447 e. The highest BCUT2D eigenvalue weighted by atomic mass is 16.6. The molecule has 11 nitrogen and oxygen atoms in total. The van der Waals surface area contributed by atoms with Gasteiger partial charge in [0.05, 0.1) is 19.3 Å². The standard InChI is InChI=1S/C18H19N9O2/c28-18-25(7-8-29-18)17-19-5-6-24(17)16-20-9-13-15(22-16)26(12-3-1-2-4-12)10-14-23-21-11-27(13)14/h5-6,9,11-12H,1-4,7-8,10H2. The highest BCUT2D eigenvalue weighted by Crippen LogP contribution is 2.36. The number of carbonyl (C=O) groups excluding carboxylic acids is 1. The van der Waals surface area contributed by atoms with Gasteiger partial charge in [-0.2, -0.15) is 4.98 Å². The van der Waals surface area contributed by atoms with Gasteiger partial charge in [0, 0.05) is 18.4 Å². The number of ether oxygens (including phenoxy) is 1. The van der Waals surface area contributed by atoms with Crippen LogP contribution in [0.25, 0.3) is 11.6 Å². The Bertz CT molecular complexity index is 1080. The number of hydrogen-bond donors (Lipinski definition) is 0. The minimum atomic E-state index is -0.405. The number of amides is 1. The number of fused-ring (bicyclic) bond motifs is 3. The van der Waals surface area contributed by atoms with Crippen LogP contribution in [0.2, 0.25) is 0 Å². The Hall–Kier alpha value is -3.50. The molecular weight excluding hydrogens is 374 g/mol. The zero-order valence-electron chi connectivity index (χ0n) is 15.7. The Labute approximate surface area is 166 Å². The van der Waals surface area contributed by atoms with E-state index >= 15 is 0 Å². The summed E-state index contributed by atoms with van der Waals surface area (Å²) in [6, 6.07) is 0.428. The van der Waals surface area contributed by atoms with Crippen molar-refractivity contribution in [2.75, 3.05) is 23.0 Å². The van der Waals surface area contributed by atoms with Crippen LogP contribution in [0.4, 0.5) is 16.6 Å². The average Bonchev–Trinajstić information content (AvgIpc) is 3.53. The first-order valence-corrected chi connectivity index (χ1v) is 9.80. The summed E-state index contributed by atoms with van der Waals surface area (Å²) in [6.07, 6.45) is 11.2. The fourth-order valence-electron chi connectivity index (χ4n) is 4.39. The lowest BCUT2D eigenvalue weighted by molar-refractivity contribution is 0.181. The number of anilines is 2. The van der Waals surface area contributed by atoms with Crippen LogP contribution in [0.15, 0.2) is 24.9 Å². The van der Waals surface area contributed by atoms with Crippen LogP contribution >= 0.6 is 0 Å². The third-order valence-electron chi connectivity index (χ3n) is 5.80. The van der Waals surface area contributed by atoms with Crippen molar-refractivity contribution in [1.29, 1.82) is 0 Å². The molecule has 29 heavy (non-hydrogen) atoms. The molecule has 1 aliphatic carbocycles. The summed E-state index contributed by atoms with van der Waals surface area (Å²) in [5, 5.41) is 8.34. The smallest absolute Gasteiger partial charge is 0.416 e. The largest absolute Gasteiger partial charge is 0.447 e. The fraction of sp³-hybridized carbons (Fsp3) is 0.444. The van der Waals surface area contributed by atoms with E-state index in [2.05, 4.69) is 25.1 Å². The first-order valence-electron chi connectivity index (χ1n) is 9.80. The molecule has 1 saturated carbocycles. The zero-order chi connectivity index (χ0) is 19.4. The van der Waals surface area contributed by atoms with Crippen LogP contribution in [0.3, 0.4) is 0 Å². The predicted molar refractivity (Wildman–Crippen MR) is 101 cm³/mol. The monoisotopic (exact) mass is 393 g/mol. The molecule has 5 heterocycles. The summed E-state index contributed by atoms with van der Waals surface area (Å²) < 4.78 is 8.72. The number of imidazole rings is 1. The lowest BCUT2D eigenvalue weighted by Gasteiger charge is -2.34. The predicted octanol–water partition coefficient (Wildman–Crippen LogP) is 1.46. The lowest BCUT2D eigenvalue weighted by Crippen LogP contribution is -2.38. The Morgan fingerprint density at radius 1 is 1.14 bits per heavy atom. The Morgan fingerprint density at radius 3 is 2.86 bits per heavy atom. The van der Waals surface area contributed by atoms with E-state index < -0.39 is 6.09 Å². The molecule has 1 saturated heterocycles. The van der Waals surface area contributed by atoms with Gasteiger partial charge in [-0.25, -0.2) is 19.7 Å². The molecule has 0 unspecified atom stereocenters. The molecule has 0 N–H and O–H groups in total. The summed E-state index contributed by atoms with van der Waals surface area (Å²) in [6.45, 7) is 1.48. The number of nitrogens with zero attached hydrogens (tertiary/aromatic N) is 9. The third-order valence-corrected chi connectivity index (χ3v) is 5.80. The van der Waals surface area contributed by atoms with Gasteiger partial charge in [-0.05, 0) is 12.8 Å². The van der Waals surface area contributed by atoms with Gasteiger partial charge in [0.2, 0.25) is 11.9 Å². The number of cyclic esters (lactones) is 1. The molecular formula is C18H19N9O2. The molecule has 3 aromatic rings. The molecule has 148 valence electrons. The van der Waals surface area contributed by atoms with Crippen molar-refractivity contribution >= 4 is 17.9 Å². The van der Waals surface area contributed by atoms with Gasteiger partial charge >= 0.3 is 6.09 Å². The van der Waals surface area contributed by atoms with E-state index in [4.69, 9.17) is 9.72 Å². The molecule has 0 radical (unpaired) electrons. The highest BCUT2D eigenvalue weighted by molar-refractivity contribution is 5.87. The average molecular weight is 393 g/mol. The normalized spacial score (nSPS) is 18.8. The topological polar surface area (TPSA) is 107 Å². The quantitative estimate of drug-likeness (QED) is 0.658. The molecule has 3 aromatic heterocycles. The van der Waals surface area contributed by atoms with Crippen LogP contribution in [-0.4, -0.2) is 59.6 Å². The summed E-state index contributed by atoms with van der Waals surface area (Å²) in [4.78, 5) is 29.6. The van der Waals surface area contributed by atoms with E-state index in [1.807, 2.05) is 4.57 Å². The first kappa shape index (κ1) is 16.5. The second kappa shape index (κ2) is 6.26. The number of carbonyl (C=O) groups is 1. The van der Waals surface area contributed by atoms with E-state index in [0.717, 1.165) is 30.2 Å². The zero-order valence-corrected chi connectivity index (χ0v) is 15.7. The molecule has 0 spiro atoms. The van der Waals surface area contributed by atoms with Crippen molar-refractivity contribution in [1.82, 2.24) is 34.3 Å². The van der Waals surface area contributed by atoms with Crippen LogP contribution in [-0.2, 0) is 11.3 Å². The second-order valence-electron chi connectivity index (χ2n) is 7.43. The molecule has 0 atom stereocenters. The van der Waals surface area contributed by atoms with Crippen molar-refractivity contribution in [3.8, 4) is 11.6 Å². The molecule has 2 aliphatic heterocycles. The van der Waals surface area contributed by atoms with Crippen molar-refractivity contribution in [2.45, 2.75) is 38.3 Å². The molecule has 3 aliphatic rings. The maximum Gasteiger partial charge on any atom is 0.416 e. The third kappa shape index (κ3) is 2.50. The van der Waals surface area contributed by atoms with Gasteiger partial charge in [-0.1, -0.05) is 12.8 Å². The van der Waals surface area contributed by atoms with E-state index in [1.54, 1.807) is 29.5 Å². The maximum absolute atomic E-state index is 12.0. The number of rotatable bonds is 3. The van der Waals surface area contributed by atoms with Gasteiger partial charge in [-0.3, -0.25) is 9.13 Å². The van der Waals surface area contributed by atoms with Crippen LogP contribution < -0.4 is 9.80 Å². The summed E-state index contributed by atoms with van der Waals surface area (Å²) >= 11 is 0. The Balaban J connectivity index is 1.46. The van der Waals surface area contributed by atoms with Gasteiger partial charge in [-0.15, -0.1) is 10.2 Å². The molecule has 0 aromatic carbocycles. The van der Waals surface area contributed by atoms with Gasteiger partial charge in [0.1, 0.15) is 18.6 Å². The van der Waals surface area contributed by atoms with Gasteiger partial charge < -0.3 is 9.64 Å². The summed E-state index contributed by atoms with van der Waals surface area (Å²) in [5.41, 5.74) is 0.870. The van der Waals surface area contributed by atoms with Crippen LogP contribution in [0, 0.1) is 0 Å². The van der Waals surface area contributed by atoms with Gasteiger partial charge in [0.25, 0.3) is 0 Å². The van der Waals surface area contributed by atoms with Crippen molar-refractivity contribution in [3.63, 3.8) is 0 Å². The summed E-state index contributed by atoms with van der Waals surface area (Å²) in [7, 11) is 0. The highest BCUT2D eigenvalue weighted by Gasteiger charge is 2.33. The van der Waals surface area contributed by atoms with Crippen molar-refractivity contribution in [2.24, 2.45) is 0 Å². The fourth-order valence-corrected chi connectivity index (χ4v) is 4.39. The summed E-state index contributed by atoms with van der Waals surface area (Å²) in [5.74, 6) is 2.68. The van der Waals surface area contributed by atoms with Crippen LogP contribution in [0.5, 0.6) is 0 Å². The van der Waals surface area contributed by atoms with Crippen LogP contribution in [0.1, 0.15) is 31.5 Å². The molecule has 0 bridgehead atoms. The SMILES string of the molecule is O=C1OCCN1c1nccn1-c1ncc2c(n1)N(C1CCCC1)Cc1nncn1-2. The molecule has 11 heteroatoms. The minimum absolute atomic E-state index is 0.350. The number of hydrogen-bond acceptors (Lipinski definition) is 8. The van der Waals surface area contributed by atoms with Crippen molar-refractivity contribution in [3.05, 3.63) is 30.7 Å². The van der Waals surface area contributed by atoms with Gasteiger partial charge in [0.15, 0.2) is 11.6 Å². The van der Waals surface area contributed by atoms with Crippen molar-refractivity contribution < 1.29 is 9.53 Å². The molecule has 2 fully saturated rings. The van der Waals surface area contributed by atoms with E-state index in [9.17, 15) is 4.79 Å². The van der Waals surface area contributed by atoms with E-state index in [0.29, 0.717) is 37.6 Å². The van der Waals surface area contributed by atoms with E-state index in [1.165, 1.54) is 17.7 Å². The Morgan fingerprint density at radius 2 is 2.03 bits per heavy atom. The molecule has 1 amide bonds. The van der Waals surface area contributed by atoms with E-state index in [-0.39, 0.29) is 0 Å².